The van der Waals surface area contributed by atoms with Crippen LogP contribution in [0, 0.1) is 5.92 Å². The van der Waals surface area contributed by atoms with Gasteiger partial charge in [0.1, 0.15) is 6.04 Å². The van der Waals surface area contributed by atoms with Crippen LogP contribution in [0.5, 0.6) is 0 Å². The molecule has 0 spiro atoms. The van der Waals surface area contributed by atoms with Crippen LogP contribution in [0.25, 0.3) is 0 Å². The summed E-state index contributed by atoms with van der Waals surface area (Å²) >= 11 is 0. The number of hydrogen-bond donors (Lipinski definition) is 2. The molecule has 7 heteroatoms. The molecule has 2 rings (SSSR count). The first kappa shape index (κ1) is 13.6. The lowest BCUT2D eigenvalue weighted by molar-refractivity contribution is -0.143. The Bertz CT molecular complexity index is 390. The molecule has 1 atom stereocenters. The molecule has 2 heterocycles. The summed E-state index contributed by atoms with van der Waals surface area (Å²) in [7, 11) is 0. The zero-order valence-electron chi connectivity index (χ0n) is 11.0. The molecule has 106 valence electrons. The van der Waals surface area contributed by atoms with Crippen LogP contribution in [0.1, 0.15) is 19.8 Å². The average molecular weight is 269 g/mol. The molecule has 2 saturated heterocycles. The maximum Gasteiger partial charge on any atom is 0.320 e. The van der Waals surface area contributed by atoms with Gasteiger partial charge in [0, 0.05) is 26.2 Å². The zero-order valence-corrected chi connectivity index (χ0v) is 11.0. The minimum Gasteiger partial charge on any atom is -0.481 e. The number of piperidine rings is 1. The van der Waals surface area contributed by atoms with Gasteiger partial charge >= 0.3 is 12.0 Å². The lowest BCUT2D eigenvalue weighted by atomic mass is 9.97. The first-order valence-electron chi connectivity index (χ1n) is 6.56. The van der Waals surface area contributed by atoms with E-state index in [-0.39, 0.29) is 17.9 Å². The molecule has 1 unspecified atom stereocenters. The lowest BCUT2D eigenvalue weighted by Crippen LogP contribution is -2.59. The van der Waals surface area contributed by atoms with Gasteiger partial charge < -0.3 is 20.2 Å². The Morgan fingerprint density at radius 2 is 1.89 bits per heavy atom. The number of urea groups is 1. The first-order chi connectivity index (χ1) is 9.00. The zero-order chi connectivity index (χ0) is 14.0. The lowest BCUT2D eigenvalue weighted by Gasteiger charge is -2.39. The van der Waals surface area contributed by atoms with Crippen molar-refractivity contribution in [3.05, 3.63) is 0 Å². The van der Waals surface area contributed by atoms with Gasteiger partial charge in [0.2, 0.25) is 5.91 Å². The number of hydrogen-bond acceptors (Lipinski definition) is 3. The maximum atomic E-state index is 12.3. The Morgan fingerprint density at radius 3 is 2.47 bits per heavy atom. The van der Waals surface area contributed by atoms with Crippen molar-refractivity contribution in [3.63, 3.8) is 0 Å². The van der Waals surface area contributed by atoms with Crippen LogP contribution in [0.15, 0.2) is 0 Å². The standard InChI is InChI=1S/C12H19N3O4/c1-8-10(16)13-4-7-15(8)12(19)14-5-2-9(3-6-14)11(17)18/h8-9H,2-7H2,1H3,(H,13,16)(H,17,18). The molecule has 2 fully saturated rings. The molecule has 0 aliphatic carbocycles. The maximum absolute atomic E-state index is 12.3. The highest BCUT2D eigenvalue weighted by molar-refractivity contribution is 5.88. The molecule has 7 nitrogen and oxygen atoms in total. The third-order valence-corrected chi connectivity index (χ3v) is 3.86. The number of carbonyl (C=O) groups is 3. The average Bonchev–Trinajstić information content (AvgIpc) is 2.41. The summed E-state index contributed by atoms with van der Waals surface area (Å²) in [5.74, 6) is -1.29. The topological polar surface area (TPSA) is 90.0 Å². The van der Waals surface area contributed by atoms with Crippen molar-refractivity contribution in [2.24, 2.45) is 5.92 Å². The SMILES string of the molecule is CC1C(=O)NCCN1C(=O)N1CCC(C(=O)O)CC1. The molecule has 0 radical (unpaired) electrons. The molecular formula is C12H19N3O4. The minimum absolute atomic E-state index is 0.139. The monoisotopic (exact) mass is 269 g/mol. The fraction of sp³-hybridized carbons (Fsp3) is 0.750. The van der Waals surface area contributed by atoms with Crippen LogP contribution in [0.2, 0.25) is 0 Å². The van der Waals surface area contributed by atoms with Crippen molar-refractivity contribution >= 4 is 17.9 Å². The largest absolute Gasteiger partial charge is 0.481 e. The summed E-state index contributed by atoms with van der Waals surface area (Å²) in [4.78, 5) is 37.9. The Labute approximate surface area is 111 Å². The van der Waals surface area contributed by atoms with Crippen molar-refractivity contribution in [1.29, 1.82) is 0 Å². The number of likely N-dealkylation sites (tertiary alicyclic amines) is 1. The predicted molar refractivity (Wildman–Crippen MR) is 66.5 cm³/mol. The third-order valence-electron chi connectivity index (χ3n) is 3.86. The van der Waals surface area contributed by atoms with Crippen LogP contribution in [-0.4, -0.2) is 65.0 Å². The molecule has 19 heavy (non-hydrogen) atoms. The van der Waals surface area contributed by atoms with E-state index in [2.05, 4.69) is 5.32 Å². The Morgan fingerprint density at radius 1 is 1.26 bits per heavy atom. The van der Waals surface area contributed by atoms with E-state index >= 15 is 0 Å². The molecule has 2 N–H and O–H groups in total. The second-order valence-corrected chi connectivity index (χ2v) is 5.04. The summed E-state index contributed by atoms with van der Waals surface area (Å²) in [5, 5.41) is 11.6. The van der Waals surface area contributed by atoms with Crippen LogP contribution in [0.4, 0.5) is 4.79 Å². The number of carbonyl (C=O) groups excluding carboxylic acids is 2. The highest BCUT2D eigenvalue weighted by Gasteiger charge is 2.34. The van der Waals surface area contributed by atoms with Gasteiger partial charge in [-0.15, -0.1) is 0 Å². The highest BCUT2D eigenvalue weighted by Crippen LogP contribution is 2.19. The van der Waals surface area contributed by atoms with Crippen molar-refractivity contribution in [1.82, 2.24) is 15.1 Å². The van der Waals surface area contributed by atoms with Gasteiger partial charge in [-0.2, -0.15) is 0 Å². The number of nitrogens with one attached hydrogen (secondary N) is 1. The molecular weight excluding hydrogens is 250 g/mol. The van der Waals surface area contributed by atoms with E-state index < -0.39 is 12.0 Å². The normalized spacial score (nSPS) is 25.1. The van der Waals surface area contributed by atoms with Gasteiger partial charge in [0.05, 0.1) is 5.92 Å². The van der Waals surface area contributed by atoms with Crippen LogP contribution >= 0.6 is 0 Å². The summed E-state index contributed by atoms with van der Waals surface area (Å²) in [6, 6.07) is -0.621. The van der Waals surface area contributed by atoms with Crippen molar-refractivity contribution in [2.45, 2.75) is 25.8 Å². The summed E-state index contributed by atoms with van der Waals surface area (Å²) in [6.07, 6.45) is 0.963. The molecule has 0 aromatic carbocycles. The smallest absolute Gasteiger partial charge is 0.320 e. The van der Waals surface area contributed by atoms with E-state index in [1.54, 1.807) is 16.7 Å². The molecule has 0 bridgehead atoms. The molecule has 3 amide bonds. The third kappa shape index (κ3) is 2.80. The predicted octanol–water partition coefficient (Wildman–Crippen LogP) is -0.277. The first-order valence-corrected chi connectivity index (χ1v) is 6.56. The van der Waals surface area contributed by atoms with E-state index in [4.69, 9.17) is 5.11 Å². The Kier molecular flexibility index (Phi) is 3.92. The van der Waals surface area contributed by atoms with E-state index in [9.17, 15) is 14.4 Å². The highest BCUT2D eigenvalue weighted by atomic mass is 16.4. The van der Waals surface area contributed by atoms with E-state index in [0.717, 1.165) is 0 Å². The fourth-order valence-electron chi connectivity index (χ4n) is 2.54. The van der Waals surface area contributed by atoms with Gasteiger partial charge in [-0.05, 0) is 19.8 Å². The molecule has 0 aromatic heterocycles. The quantitative estimate of drug-likeness (QED) is 0.685. The van der Waals surface area contributed by atoms with Gasteiger partial charge in [-0.25, -0.2) is 4.79 Å². The Hall–Kier alpha value is -1.79. The van der Waals surface area contributed by atoms with Crippen molar-refractivity contribution in [3.8, 4) is 0 Å². The summed E-state index contributed by atoms with van der Waals surface area (Å²) < 4.78 is 0. The minimum atomic E-state index is -0.794. The van der Waals surface area contributed by atoms with Crippen molar-refractivity contribution < 1.29 is 19.5 Å². The second kappa shape index (κ2) is 5.46. The molecule has 0 saturated carbocycles. The summed E-state index contributed by atoms with van der Waals surface area (Å²) in [6.45, 7) is 3.57. The summed E-state index contributed by atoms with van der Waals surface area (Å²) in [5.41, 5.74) is 0. The van der Waals surface area contributed by atoms with E-state index in [0.29, 0.717) is 39.0 Å². The van der Waals surface area contributed by atoms with E-state index in [1.165, 1.54) is 0 Å². The van der Waals surface area contributed by atoms with Crippen LogP contribution < -0.4 is 5.32 Å². The molecule has 0 aromatic rings. The van der Waals surface area contributed by atoms with Gasteiger partial charge in [0.25, 0.3) is 0 Å². The number of piperazine rings is 1. The number of carboxylic acids is 1. The molecule has 2 aliphatic heterocycles. The van der Waals surface area contributed by atoms with Gasteiger partial charge in [-0.1, -0.05) is 0 Å². The number of amides is 3. The van der Waals surface area contributed by atoms with Crippen LogP contribution in [0.3, 0.4) is 0 Å². The van der Waals surface area contributed by atoms with Gasteiger partial charge in [0.15, 0.2) is 0 Å². The second-order valence-electron chi connectivity index (χ2n) is 5.04. The number of carboxylic acid groups (broad SMARTS) is 1. The number of aliphatic carboxylic acids is 1. The van der Waals surface area contributed by atoms with Crippen molar-refractivity contribution in [2.75, 3.05) is 26.2 Å². The van der Waals surface area contributed by atoms with Gasteiger partial charge in [-0.3, -0.25) is 9.59 Å². The number of nitrogens with zero attached hydrogens (tertiary/aromatic N) is 2. The van der Waals surface area contributed by atoms with E-state index in [1.807, 2.05) is 0 Å². The number of rotatable bonds is 1. The van der Waals surface area contributed by atoms with Crippen LogP contribution in [-0.2, 0) is 9.59 Å². The molecule has 2 aliphatic rings. The fourth-order valence-corrected chi connectivity index (χ4v) is 2.54. The Balaban J connectivity index is 1.94.